The van der Waals surface area contributed by atoms with Crippen LogP contribution in [0, 0.1) is 6.92 Å². The number of benzene rings is 1. The summed E-state index contributed by atoms with van der Waals surface area (Å²) in [7, 11) is 0. The lowest BCUT2D eigenvalue weighted by Gasteiger charge is -2.32. The van der Waals surface area contributed by atoms with Crippen LogP contribution in [0.2, 0.25) is 0 Å². The molecule has 124 valence electrons. The molecular formula is C19H23N5. The number of aryl methyl sites for hydroxylation is 1. The predicted octanol–water partition coefficient (Wildman–Crippen LogP) is 3.11. The molecule has 2 aromatic heterocycles. The van der Waals surface area contributed by atoms with E-state index < -0.39 is 0 Å². The lowest BCUT2D eigenvalue weighted by atomic mass is 10.0. The Morgan fingerprint density at radius 1 is 1.08 bits per heavy atom. The molecule has 5 nitrogen and oxygen atoms in total. The van der Waals surface area contributed by atoms with Crippen molar-refractivity contribution in [1.29, 1.82) is 0 Å². The second-order valence-corrected chi connectivity index (χ2v) is 6.58. The third-order valence-corrected chi connectivity index (χ3v) is 4.73. The van der Waals surface area contributed by atoms with Gasteiger partial charge in [0.25, 0.3) is 0 Å². The van der Waals surface area contributed by atoms with Gasteiger partial charge in [-0.15, -0.1) is 5.10 Å². The second kappa shape index (κ2) is 6.61. The second-order valence-electron chi connectivity index (χ2n) is 6.58. The lowest BCUT2D eigenvalue weighted by Crippen LogP contribution is -2.38. The van der Waals surface area contributed by atoms with Crippen LogP contribution in [0.5, 0.6) is 0 Å². The number of piperidine rings is 1. The van der Waals surface area contributed by atoms with Crippen LogP contribution in [0.25, 0.3) is 5.65 Å². The van der Waals surface area contributed by atoms with Crippen molar-refractivity contribution in [2.75, 3.05) is 18.4 Å². The first-order valence-corrected chi connectivity index (χ1v) is 8.63. The van der Waals surface area contributed by atoms with Crippen LogP contribution in [0.4, 0.5) is 5.95 Å². The van der Waals surface area contributed by atoms with Crippen molar-refractivity contribution >= 4 is 11.6 Å². The molecule has 1 aliphatic heterocycles. The Morgan fingerprint density at radius 2 is 1.88 bits per heavy atom. The molecule has 0 unspecified atom stereocenters. The number of pyridine rings is 1. The fourth-order valence-electron chi connectivity index (χ4n) is 3.36. The van der Waals surface area contributed by atoms with Crippen LogP contribution in [-0.4, -0.2) is 38.6 Å². The Bertz CT molecular complexity index is 803. The van der Waals surface area contributed by atoms with Crippen LogP contribution in [0.3, 0.4) is 0 Å². The van der Waals surface area contributed by atoms with Gasteiger partial charge in [0.1, 0.15) is 0 Å². The molecule has 0 spiro atoms. The van der Waals surface area contributed by atoms with E-state index in [1.54, 1.807) is 0 Å². The maximum atomic E-state index is 4.62. The molecule has 24 heavy (non-hydrogen) atoms. The summed E-state index contributed by atoms with van der Waals surface area (Å²) in [4.78, 5) is 7.14. The molecule has 0 aliphatic carbocycles. The van der Waals surface area contributed by atoms with Gasteiger partial charge in [-0.25, -0.2) is 4.52 Å². The van der Waals surface area contributed by atoms with E-state index in [2.05, 4.69) is 63.6 Å². The molecule has 3 heterocycles. The summed E-state index contributed by atoms with van der Waals surface area (Å²) in [6.45, 7) is 5.33. The molecule has 0 saturated carbocycles. The number of hydrogen-bond acceptors (Lipinski definition) is 4. The maximum Gasteiger partial charge on any atom is 0.243 e. The highest BCUT2D eigenvalue weighted by molar-refractivity contribution is 5.50. The third-order valence-electron chi connectivity index (χ3n) is 4.73. The summed E-state index contributed by atoms with van der Waals surface area (Å²) in [6, 6.07) is 15.2. The van der Waals surface area contributed by atoms with E-state index in [0.717, 1.165) is 49.6 Å². The normalized spacial score (nSPS) is 16.5. The summed E-state index contributed by atoms with van der Waals surface area (Å²) in [5.74, 6) is 0.741. The van der Waals surface area contributed by atoms with Gasteiger partial charge in [-0.3, -0.25) is 4.90 Å². The van der Waals surface area contributed by atoms with Crippen LogP contribution in [0.1, 0.15) is 24.0 Å². The van der Waals surface area contributed by atoms with Crippen molar-refractivity contribution in [3.05, 3.63) is 59.8 Å². The van der Waals surface area contributed by atoms with E-state index in [0.29, 0.717) is 6.04 Å². The largest absolute Gasteiger partial charge is 0.350 e. The van der Waals surface area contributed by atoms with Gasteiger partial charge in [0.2, 0.25) is 5.95 Å². The van der Waals surface area contributed by atoms with E-state index >= 15 is 0 Å². The first-order chi connectivity index (χ1) is 11.8. The first kappa shape index (κ1) is 15.1. The molecule has 0 atom stereocenters. The predicted molar refractivity (Wildman–Crippen MR) is 96.1 cm³/mol. The van der Waals surface area contributed by atoms with Crippen molar-refractivity contribution in [3.63, 3.8) is 0 Å². The minimum Gasteiger partial charge on any atom is -0.350 e. The molecule has 5 heteroatoms. The highest BCUT2D eigenvalue weighted by Gasteiger charge is 2.20. The average Bonchev–Trinajstić information content (AvgIpc) is 3.02. The van der Waals surface area contributed by atoms with E-state index in [9.17, 15) is 0 Å². The van der Waals surface area contributed by atoms with Crippen LogP contribution < -0.4 is 5.32 Å². The van der Waals surface area contributed by atoms with Gasteiger partial charge in [-0.2, -0.15) is 4.98 Å². The molecular weight excluding hydrogens is 298 g/mol. The van der Waals surface area contributed by atoms with Crippen LogP contribution >= 0.6 is 0 Å². The molecule has 4 rings (SSSR count). The van der Waals surface area contributed by atoms with Gasteiger partial charge in [0.05, 0.1) is 0 Å². The number of nitrogens with one attached hydrogen (secondary N) is 1. The van der Waals surface area contributed by atoms with Gasteiger partial charge in [-0.05, 0) is 37.0 Å². The highest BCUT2D eigenvalue weighted by atomic mass is 15.3. The number of likely N-dealkylation sites (tertiary alicyclic amines) is 1. The molecule has 0 amide bonds. The molecule has 1 aliphatic rings. The summed E-state index contributed by atoms with van der Waals surface area (Å²) < 4.78 is 1.85. The van der Waals surface area contributed by atoms with Gasteiger partial charge in [-0.1, -0.05) is 36.4 Å². The smallest absolute Gasteiger partial charge is 0.243 e. The van der Waals surface area contributed by atoms with Crippen molar-refractivity contribution in [3.8, 4) is 0 Å². The average molecular weight is 321 g/mol. The van der Waals surface area contributed by atoms with E-state index in [-0.39, 0.29) is 0 Å². The van der Waals surface area contributed by atoms with Crippen molar-refractivity contribution < 1.29 is 0 Å². The monoisotopic (exact) mass is 321 g/mol. The quantitative estimate of drug-likeness (QED) is 0.802. The Labute approximate surface area is 142 Å². The molecule has 1 saturated heterocycles. The maximum absolute atomic E-state index is 4.62. The zero-order valence-corrected chi connectivity index (χ0v) is 14.0. The lowest BCUT2D eigenvalue weighted by molar-refractivity contribution is 0.211. The number of anilines is 1. The first-order valence-electron chi connectivity index (χ1n) is 8.63. The van der Waals surface area contributed by atoms with Crippen molar-refractivity contribution in [1.82, 2.24) is 19.5 Å². The molecule has 3 aromatic rings. The minimum atomic E-state index is 0.453. The van der Waals surface area contributed by atoms with Crippen molar-refractivity contribution in [2.24, 2.45) is 0 Å². The zero-order valence-electron chi connectivity index (χ0n) is 14.0. The number of rotatable bonds is 4. The van der Waals surface area contributed by atoms with E-state index in [1.807, 2.05) is 16.8 Å². The van der Waals surface area contributed by atoms with Crippen LogP contribution in [-0.2, 0) is 6.54 Å². The standard InChI is InChI=1S/C19H23N5/c1-15-6-5-11-24-18(15)21-19(22-24)20-17-9-12-23(13-10-17)14-16-7-3-2-4-8-16/h2-8,11,17H,9-10,12-14H2,1H3,(H,20,22). The zero-order chi connectivity index (χ0) is 16.4. The molecule has 1 fully saturated rings. The van der Waals surface area contributed by atoms with E-state index in [4.69, 9.17) is 0 Å². The fourth-order valence-corrected chi connectivity index (χ4v) is 3.36. The topological polar surface area (TPSA) is 45.5 Å². The number of aromatic nitrogens is 3. The van der Waals surface area contributed by atoms with Gasteiger partial charge in [0, 0.05) is 31.9 Å². The molecule has 1 aromatic carbocycles. The van der Waals surface area contributed by atoms with Crippen LogP contribution in [0.15, 0.2) is 48.7 Å². The van der Waals surface area contributed by atoms with Gasteiger partial charge < -0.3 is 5.32 Å². The molecule has 0 radical (unpaired) electrons. The van der Waals surface area contributed by atoms with Gasteiger partial charge in [0.15, 0.2) is 5.65 Å². The summed E-state index contributed by atoms with van der Waals surface area (Å²) in [5, 5.41) is 8.05. The Balaban J connectivity index is 1.35. The van der Waals surface area contributed by atoms with Gasteiger partial charge >= 0.3 is 0 Å². The Hall–Kier alpha value is -2.40. The third kappa shape index (κ3) is 3.26. The minimum absolute atomic E-state index is 0.453. The highest BCUT2D eigenvalue weighted by Crippen LogP contribution is 2.17. The Morgan fingerprint density at radius 3 is 2.62 bits per heavy atom. The number of nitrogens with zero attached hydrogens (tertiary/aromatic N) is 4. The number of hydrogen-bond donors (Lipinski definition) is 1. The molecule has 1 N–H and O–H groups in total. The van der Waals surface area contributed by atoms with Crippen molar-refractivity contribution in [2.45, 2.75) is 32.4 Å². The fraction of sp³-hybridized carbons (Fsp3) is 0.368. The van der Waals surface area contributed by atoms with E-state index in [1.165, 1.54) is 5.56 Å². The molecule has 0 bridgehead atoms. The summed E-state index contributed by atoms with van der Waals surface area (Å²) in [5.41, 5.74) is 3.47. The summed E-state index contributed by atoms with van der Waals surface area (Å²) >= 11 is 0. The number of fused-ring (bicyclic) bond motifs is 1. The Kier molecular flexibility index (Phi) is 4.17. The SMILES string of the molecule is Cc1cccn2nc(NC3CCN(Cc4ccccc4)CC3)nc12. The summed E-state index contributed by atoms with van der Waals surface area (Å²) in [6.07, 6.45) is 4.20.